The minimum absolute atomic E-state index is 0.107. The summed E-state index contributed by atoms with van der Waals surface area (Å²) < 4.78 is 0. The Morgan fingerprint density at radius 1 is 0.938 bits per heavy atom. The predicted molar refractivity (Wildman–Crippen MR) is 74.1 cm³/mol. The van der Waals surface area contributed by atoms with Gasteiger partial charge >= 0.3 is 0 Å². The van der Waals surface area contributed by atoms with Crippen molar-refractivity contribution in [3.63, 3.8) is 0 Å². The first-order valence-corrected chi connectivity index (χ1v) is 6.20. The third kappa shape index (κ3) is 8.34. The Morgan fingerprint density at radius 3 is 1.94 bits per heavy atom. The van der Waals surface area contributed by atoms with Crippen LogP contribution in [-0.4, -0.2) is 0 Å². The highest BCUT2D eigenvalue weighted by molar-refractivity contribution is 5.06. The second kappa shape index (κ2) is 8.20. The lowest BCUT2D eigenvalue weighted by Crippen LogP contribution is -2.16. The van der Waals surface area contributed by atoms with Crippen LogP contribution in [0.25, 0.3) is 0 Å². The summed E-state index contributed by atoms with van der Waals surface area (Å²) in [5.74, 6) is 0. The molecular formula is C15H27N. The Labute approximate surface area is 101 Å². The highest BCUT2D eigenvalue weighted by Crippen LogP contribution is 2.20. The van der Waals surface area contributed by atoms with Gasteiger partial charge in [0.2, 0.25) is 0 Å². The van der Waals surface area contributed by atoms with E-state index in [9.17, 15) is 0 Å². The molecular weight excluding hydrogens is 194 g/mol. The fraction of sp³-hybridized carbons (Fsp3) is 0.600. The fourth-order valence-corrected chi connectivity index (χ4v) is 1.24. The first-order valence-electron chi connectivity index (χ1n) is 6.20. The van der Waals surface area contributed by atoms with E-state index in [0.29, 0.717) is 0 Å². The summed E-state index contributed by atoms with van der Waals surface area (Å²) >= 11 is 0. The second-order valence-corrected chi connectivity index (χ2v) is 5.10. The first-order chi connectivity index (χ1) is 7.48. The molecule has 0 unspecified atom stereocenters. The van der Waals surface area contributed by atoms with Crippen LogP contribution in [-0.2, 0) is 0 Å². The SMILES string of the molecule is CC=CCCC=CCCC=C(N)C(C)(C)C. The van der Waals surface area contributed by atoms with Gasteiger partial charge in [0, 0.05) is 11.1 Å². The van der Waals surface area contributed by atoms with Crippen molar-refractivity contribution in [1.29, 1.82) is 0 Å². The van der Waals surface area contributed by atoms with E-state index in [0.717, 1.165) is 31.4 Å². The van der Waals surface area contributed by atoms with E-state index in [1.54, 1.807) is 0 Å². The number of rotatable bonds is 6. The summed E-state index contributed by atoms with van der Waals surface area (Å²) in [7, 11) is 0. The first kappa shape index (κ1) is 15.0. The average molecular weight is 221 g/mol. The topological polar surface area (TPSA) is 26.0 Å². The Bertz CT molecular complexity index is 251. The molecule has 0 fully saturated rings. The normalized spacial score (nSPS) is 14.1. The van der Waals surface area contributed by atoms with Crippen LogP contribution in [0, 0.1) is 5.41 Å². The fourth-order valence-electron chi connectivity index (χ4n) is 1.24. The predicted octanol–water partition coefficient (Wildman–Crippen LogP) is 4.57. The number of hydrogen-bond acceptors (Lipinski definition) is 1. The van der Waals surface area contributed by atoms with Crippen molar-refractivity contribution in [3.8, 4) is 0 Å². The van der Waals surface area contributed by atoms with E-state index < -0.39 is 0 Å². The van der Waals surface area contributed by atoms with Gasteiger partial charge in [0.1, 0.15) is 0 Å². The Hall–Kier alpha value is -0.980. The van der Waals surface area contributed by atoms with E-state index in [4.69, 9.17) is 5.73 Å². The van der Waals surface area contributed by atoms with E-state index in [1.807, 2.05) is 0 Å². The molecule has 1 heteroatoms. The molecule has 0 aliphatic heterocycles. The largest absolute Gasteiger partial charge is 0.402 e. The third-order valence-electron chi connectivity index (χ3n) is 2.47. The van der Waals surface area contributed by atoms with Gasteiger partial charge in [0.05, 0.1) is 0 Å². The zero-order valence-electron chi connectivity index (χ0n) is 11.3. The summed E-state index contributed by atoms with van der Waals surface area (Å²) in [5, 5.41) is 0. The van der Waals surface area contributed by atoms with Gasteiger partial charge in [0.15, 0.2) is 0 Å². The van der Waals surface area contributed by atoms with Crippen LogP contribution in [0.15, 0.2) is 36.1 Å². The van der Waals surface area contributed by atoms with Crippen molar-refractivity contribution in [2.45, 2.75) is 53.4 Å². The molecule has 0 rings (SSSR count). The molecule has 0 bridgehead atoms. The quantitative estimate of drug-likeness (QED) is 0.516. The van der Waals surface area contributed by atoms with Crippen molar-refractivity contribution >= 4 is 0 Å². The van der Waals surface area contributed by atoms with Crippen LogP contribution in [0.4, 0.5) is 0 Å². The minimum atomic E-state index is 0.107. The molecule has 0 spiro atoms. The number of unbranched alkanes of at least 4 members (excludes halogenated alkanes) is 2. The van der Waals surface area contributed by atoms with Gasteiger partial charge in [0.25, 0.3) is 0 Å². The van der Waals surface area contributed by atoms with Gasteiger partial charge in [-0.1, -0.05) is 51.2 Å². The molecule has 0 amide bonds. The summed E-state index contributed by atoms with van der Waals surface area (Å²) in [5.41, 5.74) is 7.06. The van der Waals surface area contributed by atoms with Crippen LogP contribution >= 0.6 is 0 Å². The van der Waals surface area contributed by atoms with E-state index >= 15 is 0 Å². The molecule has 0 atom stereocenters. The Kier molecular flexibility index (Phi) is 7.70. The molecule has 0 aromatic carbocycles. The Morgan fingerprint density at radius 2 is 1.44 bits per heavy atom. The molecule has 0 radical (unpaired) electrons. The average Bonchev–Trinajstić information content (AvgIpc) is 2.20. The standard InChI is InChI=1S/C15H27N/c1-5-6-7-8-9-10-11-12-13-14(16)15(2,3)4/h5-6,9-10,13H,7-8,11-12,16H2,1-4H3. The molecule has 0 saturated heterocycles. The van der Waals surface area contributed by atoms with Crippen molar-refractivity contribution in [3.05, 3.63) is 36.1 Å². The van der Waals surface area contributed by atoms with Gasteiger partial charge in [-0.05, 0) is 32.6 Å². The lowest BCUT2D eigenvalue weighted by atomic mass is 9.91. The van der Waals surface area contributed by atoms with Crippen LogP contribution in [0.3, 0.4) is 0 Å². The second-order valence-electron chi connectivity index (χ2n) is 5.10. The minimum Gasteiger partial charge on any atom is -0.402 e. The molecule has 0 saturated carbocycles. The van der Waals surface area contributed by atoms with Crippen LogP contribution in [0.5, 0.6) is 0 Å². The highest BCUT2D eigenvalue weighted by Gasteiger charge is 2.12. The molecule has 0 aromatic rings. The Balaban J connectivity index is 3.67. The summed E-state index contributed by atoms with van der Waals surface area (Å²) in [6.45, 7) is 8.49. The lowest BCUT2D eigenvalue weighted by molar-refractivity contribution is 0.495. The van der Waals surface area contributed by atoms with E-state index in [1.165, 1.54) is 0 Å². The molecule has 0 aliphatic carbocycles. The molecule has 0 aliphatic rings. The van der Waals surface area contributed by atoms with Gasteiger partial charge in [-0.15, -0.1) is 0 Å². The van der Waals surface area contributed by atoms with Gasteiger partial charge in [-0.2, -0.15) is 0 Å². The number of allylic oxidation sites excluding steroid dienone is 6. The maximum atomic E-state index is 5.96. The number of hydrogen-bond donors (Lipinski definition) is 1. The van der Waals surface area contributed by atoms with Gasteiger partial charge < -0.3 is 5.73 Å². The van der Waals surface area contributed by atoms with Crippen molar-refractivity contribution < 1.29 is 0 Å². The van der Waals surface area contributed by atoms with Crippen molar-refractivity contribution in [1.82, 2.24) is 0 Å². The monoisotopic (exact) mass is 221 g/mol. The molecule has 0 heterocycles. The van der Waals surface area contributed by atoms with Crippen molar-refractivity contribution in [2.75, 3.05) is 0 Å². The van der Waals surface area contributed by atoms with Crippen LogP contribution < -0.4 is 5.73 Å². The van der Waals surface area contributed by atoms with Crippen LogP contribution in [0.1, 0.15) is 53.4 Å². The third-order valence-corrected chi connectivity index (χ3v) is 2.47. The molecule has 16 heavy (non-hydrogen) atoms. The lowest BCUT2D eigenvalue weighted by Gasteiger charge is -2.18. The zero-order chi connectivity index (χ0) is 12.4. The van der Waals surface area contributed by atoms with Gasteiger partial charge in [-0.3, -0.25) is 0 Å². The van der Waals surface area contributed by atoms with Gasteiger partial charge in [-0.25, -0.2) is 0 Å². The zero-order valence-corrected chi connectivity index (χ0v) is 11.3. The summed E-state index contributed by atoms with van der Waals surface area (Å²) in [6, 6.07) is 0. The maximum absolute atomic E-state index is 5.96. The van der Waals surface area contributed by atoms with Crippen LogP contribution in [0.2, 0.25) is 0 Å². The smallest absolute Gasteiger partial charge is 0.00946 e. The molecule has 2 N–H and O–H groups in total. The molecule has 0 aromatic heterocycles. The molecule has 92 valence electrons. The molecule has 1 nitrogen and oxygen atoms in total. The summed E-state index contributed by atoms with van der Waals surface area (Å²) in [6.07, 6.45) is 15.4. The van der Waals surface area contributed by atoms with E-state index in [2.05, 4.69) is 58.1 Å². The summed E-state index contributed by atoms with van der Waals surface area (Å²) in [4.78, 5) is 0. The van der Waals surface area contributed by atoms with Crippen molar-refractivity contribution in [2.24, 2.45) is 11.1 Å². The number of nitrogens with two attached hydrogens (primary N) is 1. The maximum Gasteiger partial charge on any atom is 0.00946 e. The highest BCUT2D eigenvalue weighted by atomic mass is 14.6. The van der Waals surface area contributed by atoms with E-state index in [-0.39, 0.29) is 5.41 Å².